The predicted octanol–water partition coefficient (Wildman–Crippen LogP) is 5.12. The number of nitrogens with zero attached hydrogens (tertiary/aromatic N) is 1. The molecule has 0 fully saturated rings. The quantitative estimate of drug-likeness (QED) is 0.610. The van der Waals surface area contributed by atoms with E-state index in [4.69, 9.17) is 0 Å². The van der Waals surface area contributed by atoms with Gasteiger partial charge in [0.1, 0.15) is 6.04 Å². The molecule has 0 aromatic heterocycles. The van der Waals surface area contributed by atoms with Gasteiger partial charge >= 0.3 is 0 Å². The topological polar surface area (TPSA) is 49.4 Å². The number of aryl methyl sites for hydroxylation is 1. The van der Waals surface area contributed by atoms with Gasteiger partial charge < -0.3 is 10.2 Å². The monoisotopic (exact) mass is 422 g/mol. The zero-order valence-corrected chi connectivity index (χ0v) is 19.9. The van der Waals surface area contributed by atoms with Crippen LogP contribution in [0.2, 0.25) is 0 Å². The van der Waals surface area contributed by atoms with Crippen molar-refractivity contribution in [1.82, 2.24) is 10.2 Å². The average Bonchev–Trinajstić information content (AvgIpc) is 2.72. The van der Waals surface area contributed by atoms with E-state index < -0.39 is 6.04 Å². The Labute approximate surface area is 188 Å². The summed E-state index contributed by atoms with van der Waals surface area (Å²) in [6.07, 6.45) is 1.79. The summed E-state index contributed by atoms with van der Waals surface area (Å²) >= 11 is 0. The van der Waals surface area contributed by atoms with Gasteiger partial charge in [-0.05, 0) is 63.1 Å². The molecule has 0 radical (unpaired) electrons. The van der Waals surface area contributed by atoms with Crippen LogP contribution in [0, 0.1) is 0 Å². The van der Waals surface area contributed by atoms with Gasteiger partial charge in [0.25, 0.3) is 0 Å². The molecule has 2 aromatic carbocycles. The minimum Gasteiger partial charge on any atom is -0.350 e. The summed E-state index contributed by atoms with van der Waals surface area (Å²) in [5.41, 5.74) is 3.27. The molecular weight excluding hydrogens is 384 g/mol. The Hall–Kier alpha value is -2.62. The molecule has 1 N–H and O–H groups in total. The molecule has 0 aliphatic heterocycles. The van der Waals surface area contributed by atoms with Crippen molar-refractivity contribution < 1.29 is 9.59 Å². The van der Waals surface area contributed by atoms with Crippen molar-refractivity contribution in [2.24, 2.45) is 0 Å². The van der Waals surface area contributed by atoms with Crippen LogP contribution in [0.4, 0.5) is 0 Å². The highest BCUT2D eigenvalue weighted by atomic mass is 16.2. The minimum atomic E-state index is -0.515. The molecule has 0 spiro atoms. The van der Waals surface area contributed by atoms with Crippen molar-refractivity contribution in [2.75, 3.05) is 6.54 Å². The molecule has 0 heterocycles. The summed E-state index contributed by atoms with van der Waals surface area (Å²) in [5, 5.41) is 3.01. The Morgan fingerprint density at radius 2 is 1.45 bits per heavy atom. The van der Waals surface area contributed by atoms with Crippen molar-refractivity contribution in [3.8, 4) is 0 Å². The number of rotatable bonds is 9. The first kappa shape index (κ1) is 24.6. The highest BCUT2D eigenvalue weighted by molar-refractivity contribution is 5.87. The first-order chi connectivity index (χ1) is 14.6. The first-order valence-corrected chi connectivity index (χ1v) is 11.3. The normalized spacial score (nSPS) is 12.5. The molecule has 31 heavy (non-hydrogen) atoms. The summed E-state index contributed by atoms with van der Waals surface area (Å²) in [6.45, 7) is 12.5. The first-order valence-electron chi connectivity index (χ1n) is 11.3. The third-order valence-electron chi connectivity index (χ3n) is 5.42. The molecule has 0 aliphatic carbocycles. The number of hydrogen-bond acceptors (Lipinski definition) is 2. The van der Waals surface area contributed by atoms with Crippen molar-refractivity contribution >= 4 is 11.8 Å². The highest BCUT2D eigenvalue weighted by Gasteiger charge is 2.27. The molecule has 0 saturated heterocycles. The molecule has 2 amide bonds. The zero-order valence-electron chi connectivity index (χ0n) is 19.9. The molecule has 4 nitrogen and oxygen atoms in total. The summed E-state index contributed by atoms with van der Waals surface area (Å²) in [4.78, 5) is 27.7. The zero-order chi connectivity index (χ0) is 23.0. The van der Waals surface area contributed by atoms with Gasteiger partial charge in [0.2, 0.25) is 11.8 Å². The Balaban J connectivity index is 2.07. The van der Waals surface area contributed by atoms with E-state index in [1.807, 2.05) is 45.9 Å². The highest BCUT2D eigenvalue weighted by Crippen LogP contribution is 2.16. The number of nitrogens with one attached hydrogen (secondary N) is 1. The molecule has 1 unspecified atom stereocenters. The van der Waals surface area contributed by atoms with Gasteiger partial charge in [-0.1, -0.05) is 68.4 Å². The number of hydrogen-bond donors (Lipinski definition) is 1. The molecule has 168 valence electrons. The lowest BCUT2D eigenvalue weighted by molar-refractivity contribution is -0.140. The van der Waals surface area contributed by atoms with Crippen LogP contribution in [-0.4, -0.2) is 34.8 Å². The fourth-order valence-electron chi connectivity index (χ4n) is 3.51. The number of amides is 2. The van der Waals surface area contributed by atoms with Crippen LogP contribution < -0.4 is 5.32 Å². The SMILES string of the molecule is CC(C)c1ccc(CCC(=O)N(CCc2ccccc2)C(C)C(=O)NC(C)(C)C)cc1. The lowest BCUT2D eigenvalue weighted by atomic mass is 10.00. The molecular formula is C27H38N2O2. The Morgan fingerprint density at radius 1 is 0.871 bits per heavy atom. The summed E-state index contributed by atoms with van der Waals surface area (Å²) < 4.78 is 0. The van der Waals surface area contributed by atoms with Crippen LogP contribution >= 0.6 is 0 Å². The lowest BCUT2D eigenvalue weighted by Crippen LogP contribution is -2.53. The smallest absolute Gasteiger partial charge is 0.242 e. The van der Waals surface area contributed by atoms with E-state index in [1.54, 1.807) is 4.90 Å². The molecule has 2 aromatic rings. The fraction of sp³-hybridized carbons (Fsp3) is 0.481. The van der Waals surface area contributed by atoms with Crippen LogP contribution in [0.5, 0.6) is 0 Å². The Bertz CT molecular complexity index is 836. The van der Waals surface area contributed by atoms with Crippen LogP contribution in [0.1, 0.15) is 70.6 Å². The second-order valence-corrected chi connectivity index (χ2v) is 9.63. The van der Waals surface area contributed by atoms with Gasteiger partial charge in [0.05, 0.1) is 0 Å². The molecule has 0 aliphatic rings. The van der Waals surface area contributed by atoms with Gasteiger partial charge in [-0.15, -0.1) is 0 Å². The third kappa shape index (κ3) is 8.20. The molecule has 0 bridgehead atoms. The van der Waals surface area contributed by atoms with E-state index in [0.717, 1.165) is 17.5 Å². The molecule has 2 rings (SSSR count). The summed E-state index contributed by atoms with van der Waals surface area (Å²) in [6, 6.07) is 18.1. The molecule has 4 heteroatoms. The van der Waals surface area contributed by atoms with Gasteiger partial charge in [-0.2, -0.15) is 0 Å². The van der Waals surface area contributed by atoms with Crippen molar-refractivity contribution in [2.45, 2.75) is 78.3 Å². The maximum Gasteiger partial charge on any atom is 0.242 e. The summed E-state index contributed by atoms with van der Waals surface area (Å²) in [7, 11) is 0. The standard InChI is InChI=1S/C27H38N2O2/c1-20(2)24-15-12-23(13-16-24)14-17-25(30)29(19-18-22-10-8-7-9-11-22)21(3)26(31)28-27(4,5)6/h7-13,15-16,20-21H,14,17-19H2,1-6H3,(H,28,31). The maximum absolute atomic E-state index is 13.2. The van der Waals surface area contributed by atoms with Crippen LogP contribution in [0.15, 0.2) is 54.6 Å². The average molecular weight is 423 g/mol. The van der Waals surface area contributed by atoms with Gasteiger partial charge in [0.15, 0.2) is 0 Å². The Morgan fingerprint density at radius 3 is 2.00 bits per heavy atom. The van der Waals surface area contributed by atoms with Crippen LogP contribution in [0.3, 0.4) is 0 Å². The van der Waals surface area contributed by atoms with Crippen molar-refractivity contribution in [3.05, 3.63) is 71.3 Å². The third-order valence-corrected chi connectivity index (χ3v) is 5.42. The van der Waals surface area contributed by atoms with E-state index in [-0.39, 0.29) is 17.4 Å². The van der Waals surface area contributed by atoms with Crippen molar-refractivity contribution in [1.29, 1.82) is 0 Å². The van der Waals surface area contributed by atoms with Crippen LogP contribution in [0.25, 0.3) is 0 Å². The number of carbonyl (C=O) groups excluding carboxylic acids is 2. The second kappa shape index (κ2) is 11.1. The van der Waals surface area contributed by atoms with Crippen molar-refractivity contribution in [3.63, 3.8) is 0 Å². The Kier molecular flexibility index (Phi) is 8.85. The number of carbonyl (C=O) groups is 2. The van der Waals surface area contributed by atoms with Gasteiger partial charge in [-0.3, -0.25) is 9.59 Å². The van der Waals surface area contributed by atoms with E-state index in [0.29, 0.717) is 25.3 Å². The maximum atomic E-state index is 13.2. The lowest BCUT2D eigenvalue weighted by Gasteiger charge is -2.31. The molecule has 0 saturated carbocycles. The largest absolute Gasteiger partial charge is 0.350 e. The number of benzene rings is 2. The van der Waals surface area contributed by atoms with E-state index in [1.165, 1.54) is 5.56 Å². The van der Waals surface area contributed by atoms with E-state index in [2.05, 4.69) is 55.6 Å². The van der Waals surface area contributed by atoms with Gasteiger partial charge in [-0.25, -0.2) is 0 Å². The van der Waals surface area contributed by atoms with Gasteiger partial charge in [0, 0.05) is 18.5 Å². The fourth-order valence-corrected chi connectivity index (χ4v) is 3.51. The van der Waals surface area contributed by atoms with E-state index in [9.17, 15) is 9.59 Å². The van der Waals surface area contributed by atoms with E-state index >= 15 is 0 Å². The minimum absolute atomic E-state index is 0.0143. The predicted molar refractivity (Wildman–Crippen MR) is 128 cm³/mol. The summed E-state index contributed by atoms with van der Waals surface area (Å²) in [5.74, 6) is 0.391. The second-order valence-electron chi connectivity index (χ2n) is 9.63. The van der Waals surface area contributed by atoms with Crippen LogP contribution in [-0.2, 0) is 22.4 Å². The molecule has 1 atom stereocenters.